The quantitative estimate of drug-likeness (QED) is 0.0771. The maximum atomic E-state index is 15.4. The fourth-order valence-electron chi connectivity index (χ4n) is 27.0. The van der Waals surface area contributed by atoms with Crippen LogP contribution in [0.2, 0.25) is 0 Å². The van der Waals surface area contributed by atoms with Gasteiger partial charge in [-0.25, -0.2) is 13.2 Å². The molecule has 0 radical (unpaired) electrons. The Labute approximate surface area is 657 Å². The summed E-state index contributed by atoms with van der Waals surface area (Å²) in [6.45, 7) is 14.0. The molecule has 0 aromatic carbocycles. The molecule has 12 heteroatoms. The van der Waals surface area contributed by atoms with Crippen LogP contribution in [0.1, 0.15) is 437 Å². The van der Waals surface area contributed by atoms with Gasteiger partial charge in [-0.15, -0.1) is 0 Å². The highest BCUT2D eigenvalue weighted by atomic mass is 19.1. The van der Waals surface area contributed by atoms with E-state index in [0.29, 0.717) is 53.3 Å². The fraction of sp³-hybridized carbons (Fsp3) is 1.00. The second-order valence-electron chi connectivity index (χ2n) is 39.1. The molecule has 0 saturated heterocycles. The summed E-state index contributed by atoms with van der Waals surface area (Å²) in [4.78, 5) is 0. The van der Waals surface area contributed by atoms with E-state index in [1.54, 1.807) is 0 Å². The number of rotatable bonds is 25. The first-order chi connectivity index (χ1) is 47.5. The van der Waals surface area contributed by atoms with Gasteiger partial charge in [0, 0.05) is 4.28 Å². The first-order valence-corrected chi connectivity index (χ1v) is 46.4. The second kappa shape index (κ2) is 55.9. The summed E-state index contributed by atoms with van der Waals surface area (Å²) in [5.74, 6) is 20.1. The van der Waals surface area contributed by atoms with Crippen LogP contribution < -0.4 is 0 Å². The van der Waals surface area contributed by atoms with Gasteiger partial charge in [-0.1, -0.05) is 221 Å². The van der Waals surface area contributed by atoms with E-state index in [0.717, 1.165) is 108 Å². The molecule has 9 nitrogen and oxygen atoms in total. The minimum atomic E-state index is -0.489. The third kappa shape index (κ3) is 31.2. The fourth-order valence-corrected chi connectivity index (χ4v) is 27.0. The Morgan fingerprint density at radius 2 is 0.358 bits per heavy atom. The molecule has 0 aromatic rings. The molecular weight excluding hydrogens is 1330 g/mol. The third-order valence-electron chi connectivity index (χ3n) is 33.6. The molecule has 0 amide bonds. The molecule has 18 N–H and O–H groups in total. The molecule has 0 heterocycles. The molecule has 12 rings (SSSR count). The van der Waals surface area contributed by atoms with Gasteiger partial charge in [0.15, 0.2) is 0 Å². The summed E-state index contributed by atoms with van der Waals surface area (Å²) in [6, 6.07) is 0. The molecule has 642 valence electrons. The van der Waals surface area contributed by atoms with Crippen molar-refractivity contribution in [3.05, 3.63) is 0 Å². The molecule has 9 atom stereocenters. The van der Waals surface area contributed by atoms with E-state index in [2.05, 4.69) is 41.5 Å². The number of hydrogen-bond donors (Lipinski definition) is 0. The highest BCUT2D eigenvalue weighted by molar-refractivity contribution is 4.96. The van der Waals surface area contributed by atoms with Crippen LogP contribution in [0.5, 0.6) is 0 Å². The number of halogens is 3. The lowest BCUT2D eigenvalue weighted by Gasteiger charge is -2.44. The Kier molecular flexibility index (Phi) is 54.5. The maximum Gasteiger partial charge on any atom is 0.103 e. The lowest BCUT2D eigenvalue weighted by atomic mass is 9.62. The number of unbranched alkanes of at least 4 members (excludes halogenated alkanes) is 5. The van der Waals surface area contributed by atoms with E-state index in [4.69, 9.17) is 0 Å². The van der Waals surface area contributed by atoms with E-state index in [1.165, 1.54) is 372 Å². The molecule has 0 aromatic heterocycles. The molecular formula is C94H191F3O9. The van der Waals surface area contributed by atoms with E-state index in [9.17, 15) is 0 Å². The first kappa shape index (κ1) is 103. The van der Waals surface area contributed by atoms with Crippen LogP contribution in [0.25, 0.3) is 0 Å². The molecule has 9 unspecified atom stereocenters. The lowest BCUT2D eigenvalue weighted by molar-refractivity contribution is 0.0282. The van der Waals surface area contributed by atoms with Crippen molar-refractivity contribution < 1.29 is 66.7 Å². The van der Waals surface area contributed by atoms with Crippen molar-refractivity contribution in [2.75, 3.05) is 0 Å². The second-order valence-corrected chi connectivity index (χ2v) is 39.1. The highest BCUT2D eigenvalue weighted by Gasteiger charge is 2.45. The van der Waals surface area contributed by atoms with Crippen molar-refractivity contribution in [2.24, 2.45) is 142 Å². The summed E-state index contributed by atoms with van der Waals surface area (Å²) in [6.07, 6.45) is 83.3. The normalized spacial score (nSPS) is 39.8. The van der Waals surface area contributed by atoms with Gasteiger partial charge in [-0.3, -0.25) is 0 Å². The van der Waals surface area contributed by atoms with Gasteiger partial charge in [-0.05, 0) is 354 Å². The summed E-state index contributed by atoms with van der Waals surface area (Å²) >= 11 is 0. The zero-order valence-electron chi connectivity index (χ0n) is 70.4. The largest absolute Gasteiger partial charge is 0.412 e. The van der Waals surface area contributed by atoms with Gasteiger partial charge < -0.3 is 49.3 Å². The van der Waals surface area contributed by atoms with Crippen molar-refractivity contribution in [2.45, 2.75) is 452 Å². The van der Waals surface area contributed by atoms with Crippen molar-refractivity contribution in [1.29, 1.82) is 0 Å². The van der Waals surface area contributed by atoms with Crippen LogP contribution >= 0.6 is 0 Å². The summed E-state index contributed by atoms with van der Waals surface area (Å²) in [5.41, 5.74) is 0. The van der Waals surface area contributed by atoms with Gasteiger partial charge >= 0.3 is 0 Å². The predicted octanol–water partition coefficient (Wildman–Crippen LogP) is 24.2. The summed E-state index contributed by atoms with van der Waals surface area (Å²) in [5, 5.41) is 0. The van der Waals surface area contributed by atoms with Gasteiger partial charge in [0.25, 0.3) is 0 Å². The predicted molar refractivity (Wildman–Crippen MR) is 453 cm³/mol. The molecule has 0 bridgehead atoms. The molecule has 0 spiro atoms. The highest BCUT2D eigenvalue weighted by Crippen LogP contribution is 2.54. The first-order valence-electron chi connectivity index (χ1n) is 46.4. The minimum Gasteiger partial charge on any atom is -0.412 e. The summed E-state index contributed by atoms with van der Waals surface area (Å²) in [7, 11) is 0. The zero-order chi connectivity index (χ0) is 67.7. The maximum absolute atomic E-state index is 15.4. The van der Waals surface area contributed by atoms with E-state index in [-0.39, 0.29) is 53.6 Å². The van der Waals surface area contributed by atoms with Crippen LogP contribution in [0.3, 0.4) is 0 Å². The van der Waals surface area contributed by atoms with Crippen LogP contribution in [0, 0.1) is 142 Å². The number of alkyl halides is 3. The summed E-state index contributed by atoms with van der Waals surface area (Å²) < 4.78 is 46.1. The monoisotopic (exact) mass is 1520 g/mol. The van der Waals surface area contributed by atoms with Gasteiger partial charge in [-0.2, -0.15) is 0 Å². The minimum absolute atomic E-state index is 0. The van der Waals surface area contributed by atoms with Crippen LogP contribution in [-0.4, -0.2) is 67.8 Å². The van der Waals surface area contributed by atoms with E-state index < -0.39 is 18.5 Å². The van der Waals surface area contributed by atoms with Crippen LogP contribution in [0.4, 0.5) is 13.2 Å². The topological polar surface area (TPSA) is 284 Å². The Morgan fingerprint density at radius 1 is 0.179 bits per heavy atom. The lowest BCUT2D eigenvalue weighted by Crippen LogP contribution is -2.37. The molecule has 12 saturated carbocycles. The zero-order valence-corrected chi connectivity index (χ0v) is 70.4. The van der Waals surface area contributed by atoms with E-state index in [1.807, 2.05) is 0 Å². The molecule has 0 aliphatic heterocycles. The smallest absolute Gasteiger partial charge is 0.103 e. The standard InChI is InChI=1S/C32H57F.2C31H55F.9H2O.3H2/c1-3-5-6-8-25-9-13-26(14-10-25)27-17-19-28(20-18-27)30-21-22-31(32(33)23-30)29-15-11-24(7-4-2)12-16-29;1-3-5-6-7-24-10-12-25(13-11-24)26-16-18-27(19-17-26)29-20-21-30(31(32)22-29)28-14-8-23(4-2)9-15-28;1-3-5-7-24-8-12-25(13-9-24)26-16-18-27(19-17-26)29-20-21-30(31(32)22-29)28-14-10-23(6-4-2)11-15-28;;;;;;;;;;;;/h24-32H,3-23H2,1-2H3;2*23-31H,3-22H2,1-2H3;9*1H2;3*1H. The Hall–Kier alpha value is -0.570. The average Bonchev–Trinajstić information content (AvgIpc) is 0.821. The Morgan fingerprint density at radius 3 is 0.566 bits per heavy atom. The molecule has 106 heavy (non-hydrogen) atoms. The SMILES string of the molecule is CCCCC1CCC(C2CCC(C3CCC(C4CCC(CCC)CC4)C(F)C3)CC2)CC1.CCCCCC1CCC(C2CCC(C3CCC(C4CCC(CC)CC4)C(F)C3)CC2)CC1.CCCCCC1CCC(C2CCC(C3CCC(C4CCC(CCC)CC4)C(F)C3)CC2)CC1.O.O.O.O.O.O.O.O.O.[HH].[HH].[HH]. The Bertz CT molecular complexity index is 2040. The van der Waals surface area contributed by atoms with Crippen LogP contribution in [-0.2, 0) is 0 Å². The van der Waals surface area contributed by atoms with Gasteiger partial charge in [0.05, 0.1) is 0 Å². The average molecular weight is 1520 g/mol. The van der Waals surface area contributed by atoms with Crippen molar-refractivity contribution >= 4 is 0 Å². The van der Waals surface area contributed by atoms with Crippen LogP contribution in [0.15, 0.2) is 0 Å². The molecule has 12 fully saturated rings. The third-order valence-corrected chi connectivity index (χ3v) is 33.6. The van der Waals surface area contributed by atoms with Crippen molar-refractivity contribution in [1.82, 2.24) is 0 Å². The van der Waals surface area contributed by atoms with Gasteiger partial charge in [0.2, 0.25) is 0 Å². The molecule has 12 aliphatic rings. The Balaban J connectivity index is -0.00000147. The van der Waals surface area contributed by atoms with Crippen molar-refractivity contribution in [3.63, 3.8) is 0 Å². The van der Waals surface area contributed by atoms with Gasteiger partial charge in [0.1, 0.15) is 18.5 Å². The molecule has 12 aliphatic carbocycles. The van der Waals surface area contributed by atoms with Crippen molar-refractivity contribution in [3.8, 4) is 0 Å². The van der Waals surface area contributed by atoms with E-state index >= 15 is 13.2 Å². The number of hydrogen-bond acceptors (Lipinski definition) is 0.